The van der Waals surface area contributed by atoms with Gasteiger partial charge in [-0.05, 0) is 38.1 Å². The quantitative estimate of drug-likeness (QED) is 0.462. The third-order valence-electron chi connectivity index (χ3n) is 4.76. The fraction of sp³-hybridized carbons (Fsp3) is 0.130. The molecule has 0 bridgehead atoms. The van der Waals surface area contributed by atoms with Gasteiger partial charge in [-0.15, -0.1) is 0 Å². The number of amides is 1. The van der Waals surface area contributed by atoms with Crippen LogP contribution in [0.5, 0.6) is 0 Å². The van der Waals surface area contributed by atoms with Crippen LogP contribution in [0.15, 0.2) is 65.5 Å². The van der Waals surface area contributed by atoms with E-state index in [0.717, 1.165) is 17.0 Å². The van der Waals surface area contributed by atoms with Gasteiger partial charge in [0.15, 0.2) is 0 Å². The van der Waals surface area contributed by atoms with Crippen LogP contribution in [0.4, 0.5) is 5.69 Å². The summed E-state index contributed by atoms with van der Waals surface area (Å²) in [6, 6.07) is 17.4. The number of aryl methyl sites for hydroxylation is 2. The molecule has 7 nitrogen and oxygen atoms in total. The zero-order chi connectivity index (χ0) is 22.8. The Morgan fingerprint density at radius 1 is 1.00 bits per heavy atom. The average Bonchev–Trinajstić information content (AvgIpc) is 3.10. The van der Waals surface area contributed by atoms with E-state index in [4.69, 9.17) is 23.2 Å². The summed E-state index contributed by atoms with van der Waals surface area (Å²) in [6.45, 7) is 3.46. The number of nitrogens with one attached hydrogen (secondary N) is 1. The van der Waals surface area contributed by atoms with Crippen LogP contribution in [0.2, 0.25) is 10.0 Å². The molecule has 2 aromatic carbocycles. The molecule has 0 saturated heterocycles. The van der Waals surface area contributed by atoms with Crippen LogP contribution in [0.25, 0.3) is 17.2 Å². The number of carbonyl (C=O) groups is 1. The highest BCUT2D eigenvalue weighted by Gasteiger charge is 2.17. The van der Waals surface area contributed by atoms with Crippen molar-refractivity contribution in [2.45, 2.75) is 20.4 Å². The van der Waals surface area contributed by atoms with E-state index in [1.807, 2.05) is 50.2 Å². The van der Waals surface area contributed by atoms with Crippen molar-refractivity contribution >= 4 is 34.8 Å². The Labute approximate surface area is 194 Å². The molecule has 0 spiro atoms. The van der Waals surface area contributed by atoms with Gasteiger partial charge in [-0.2, -0.15) is 5.10 Å². The molecule has 0 aliphatic heterocycles. The molecule has 1 N–H and O–H groups in total. The van der Waals surface area contributed by atoms with Gasteiger partial charge in [0.05, 0.1) is 21.4 Å². The Morgan fingerprint density at radius 2 is 1.75 bits per heavy atom. The molecular formula is C23H19Cl2N5O2. The van der Waals surface area contributed by atoms with Crippen LogP contribution in [0.3, 0.4) is 0 Å². The Morgan fingerprint density at radius 3 is 2.41 bits per heavy atom. The molecule has 162 valence electrons. The minimum Gasteiger partial charge on any atom is -0.324 e. The normalized spacial score (nSPS) is 10.9. The maximum Gasteiger partial charge on any atom is 0.256 e. The van der Waals surface area contributed by atoms with E-state index in [0.29, 0.717) is 21.4 Å². The van der Waals surface area contributed by atoms with Crippen molar-refractivity contribution < 1.29 is 4.79 Å². The van der Waals surface area contributed by atoms with Gasteiger partial charge in [-0.25, -0.2) is 9.67 Å². The lowest BCUT2D eigenvalue weighted by Crippen LogP contribution is -2.31. The molecule has 0 fully saturated rings. The van der Waals surface area contributed by atoms with Gasteiger partial charge in [0.2, 0.25) is 11.9 Å². The molecule has 0 unspecified atom stereocenters. The number of anilines is 1. The molecule has 0 saturated carbocycles. The van der Waals surface area contributed by atoms with E-state index in [2.05, 4.69) is 15.4 Å². The number of nitrogens with zero attached hydrogens (tertiary/aromatic N) is 4. The first-order valence-corrected chi connectivity index (χ1v) is 10.5. The zero-order valence-electron chi connectivity index (χ0n) is 17.3. The van der Waals surface area contributed by atoms with Gasteiger partial charge in [-0.1, -0.05) is 53.5 Å². The van der Waals surface area contributed by atoms with E-state index in [1.165, 1.54) is 10.6 Å². The Hall–Kier alpha value is -3.42. The summed E-state index contributed by atoms with van der Waals surface area (Å²) in [6.07, 6.45) is 0. The Kier molecular flexibility index (Phi) is 6.12. The second-order valence-corrected chi connectivity index (χ2v) is 8.06. The van der Waals surface area contributed by atoms with Gasteiger partial charge >= 0.3 is 0 Å². The highest BCUT2D eigenvalue weighted by Crippen LogP contribution is 2.25. The molecule has 32 heavy (non-hydrogen) atoms. The zero-order valence-corrected chi connectivity index (χ0v) is 18.9. The Balaban J connectivity index is 1.75. The summed E-state index contributed by atoms with van der Waals surface area (Å²) in [7, 11) is 0. The van der Waals surface area contributed by atoms with E-state index >= 15 is 0 Å². The lowest BCUT2D eigenvalue weighted by atomic mass is 10.1. The van der Waals surface area contributed by atoms with Gasteiger partial charge in [0, 0.05) is 23.0 Å². The molecule has 4 rings (SSSR count). The van der Waals surface area contributed by atoms with Crippen LogP contribution < -0.4 is 10.9 Å². The summed E-state index contributed by atoms with van der Waals surface area (Å²) in [5, 5.41) is 7.89. The monoisotopic (exact) mass is 467 g/mol. The molecule has 2 heterocycles. The summed E-state index contributed by atoms with van der Waals surface area (Å²) < 4.78 is 2.86. The molecule has 0 aliphatic rings. The van der Waals surface area contributed by atoms with E-state index in [-0.39, 0.29) is 18.1 Å². The van der Waals surface area contributed by atoms with Crippen molar-refractivity contribution in [3.05, 3.63) is 92.5 Å². The maximum absolute atomic E-state index is 13.1. The fourth-order valence-electron chi connectivity index (χ4n) is 3.31. The first kappa shape index (κ1) is 21.8. The topological polar surface area (TPSA) is 81.8 Å². The number of rotatable bonds is 5. The van der Waals surface area contributed by atoms with E-state index < -0.39 is 5.91 Å². The fourth-order valence-corrected chi connectivity index (χ4v) is 3.61. The number of benzene rings is 2. The third kappa shape index (κ3) is 4.59. The van der Waals surface area contributed by atoms with Crippen LogP contribution in [0, 0.1) is 13.8 Å². The van der Waals surface area contributed by atoms with E-state index in [9.17, 15) is 9.59 Å². The maximum atomic E-state index is 13.1. The third-order valence-corrected chi connectivity index (χ3v) is 5.50. The smallest absolute Gasteiger partial charge is 0.256 e. The molecule has 4 aromatic rings. The van der Waals surface area contributed by atoms with Crippen molar-refractivity contribution in [1.29, 1.82) is 0 Å². The lowest BCUT2D eigenvalue weighted by Gasteiger charge is -2.15. The molecule has 0 radical (unpaired) electrons. The van der Waals surface area contributed by atoms with Crippen LogP contribution in [-0.4, -0.2) is 25.2 Å². The predicted octanol–water partition coefficient (Wildman–Crippen LogP) is 4.66. The average molecular weight is 468 g/mol. The van der Waals surface area contributed by atoms with E-state index in [1.54, 1.807) is 22.9 Å². The van der Waals surface area contributed by atoms with Crippen molar-refractivity contribution in [1.82, 2.24) is 19.3 Å². The van der Waals surface area contributed by atoms with Gasteiger partial charge in [-0.3, -0.25) is 14.2 Å². The number of halogens is 2. The van der Waals surface area contributed by atoms with Crippen LogP contribution >= 0.6 is 23.2 Å². The first-order valence-electron chi connectivity index (χ1n) is 9.77. The van der Waals surface area contributed by atoms with Crippen molar-refractivity contribution in [2.75, 3.05) is 5.32 Å². The second-order valence-electron chi connectivity index (χ2n) is 7.25. The summed E-state index contributed by atoms with van der Waals surface area (Å²) in [5.41, 5.74) is 2.95. The molecule has 1 amide bonds. The predicted molar refractivity (Wildman–Crippen MR) is 126 cm³/mol. The van der Waals surface area contributed by atoms with Crippen LogP contribution in [0.1, 0.15) is 11.4 Å². The SMILES string of the molecule is Cc1cc(C)n(-c2nc(-c3ccccc3)cc(=O)n2CC(=O)Nc2ccc(Cl)c(Cl)c2)n1. The summed E-state index contributed by atoms with van der Waals surface area (Å²) in [5.74, 6) is -0.159. The lowest BCUT2D eigenvalue weighted by molar-refractivity contribution is -0.116. The first-order chi connectivity index (χ1) is 15.3. The number of hydrogen-bond donors (Lipinski definition) is 1. The highest BCUT2D eigenvalue weighted by atomic mass is 35.5. The minimum atomic E-state index is -0.414. The second kappa shape index (κ2) is 8.98. The summed E-state index contributed by atoms with van der Waals surface area (Å²) >= 11 is 12.0. The molecule has 2 aromatic heterocycles. The van der Waals surface area contributed by atoms with Crippen molar-refractivity contribution in [3.63, 3.8) is 0 Å². The number of hydrogen-bond acceptors (Lipinski definition) is 4. The molecule has 0 atom stereocenters. The number of carbonyl (C=O) groups excluding carboxylic acids is 1. The number of aromatic nitrogens is 4. The van der Waals surface area contributed by atoms with Gasteiger partial charge in [0.25, 0.3) is 5.56 Å². The largest absolute Gasteiger partial charge is 0.324 e. The Bertz CT molecular complexity index is 1360. The van der Waals surface area contributed by atoms with Gasteiger partial charge in [0.1, 0.15) is 6.54 Å². The minimum absolute atomic E-state index is 0.255. The van der Waals surface area contributed by atoms with Crippen molar-refractivity contribution in [2.24, 2.45) is 0 Å². The van der Waals surface area contributed by atoms with Crippen LogP contribution in [-0.2, 0) is 11.3 Å². The highest BCUT2D eigenvalue weighted by molar-refractivity contribution is 6.42. The molecule has 0 aliphatic carbocycles. The standard InChI is InChI=1S/C23H19Cl2N5O2/c1-14-10-15(2)30(28-14)23-27-20(16-6-4-3-5-7-16)12-22(32)29(23)13-21(31)26-17-8-9-18(24)19(25)11-17/h3-12H,13H2,1-2H3,(H,26,31). The molecule has 9 heteroatoms. The summed E-state index contributed by atoms with van der Waals surface area (Å²) in [4.78, 5) is 30.5. The molecular weight excluding hydrogens is 449 g/mol. The van der Waals surface area contributed by atoms with Gasteiger partial charge < -0.3 is 5.32 Å². The van der Waals surface area contributed by atoms with Crippen molar-refractivity contribution in [3.8, 4) is 17.2 Å².